The molecule has 0 spiro atoms. The van der Waals surface area contributed by atoms with Gasteiger partial charge in [-0.05, 0) is 49.2 Å². The third kappa shape index (κ3) is 9.50. The highest BCUT2D eigenvalue weighted by Crippen LogP contribution is 2.30. The zero-order valence-corrected chi connectivity index (χ0v) is 28.4. The Morgan fingerprint density at radius 3 is 2.09 bits per heavy atom. The predicted molar refractivity (Wildman–Crippen MR) is 171 cm³/mol. The first-order chi connectivity index (χ1) is 20.1. The maximum absolute atomic E-state index is 13.2. The number of nitrogens with zero attached hydrogens (tertiary/aromatic N) is 2. The van der Waals surface area contributed by atoms with E-state index in [-0.39, 0.29) is 29.8 Å². The number of benzene rings is 4. The molecule has 0 saturated carbocycles. The van der Waals surface area contributed by atoms with E-state index in [1.807, 2.05) is 85.7 Å². The average molecular weight is 716 g/mol. The summed E-state index contributed by atoms with van der Waals surface area (Å²) in [4.78, 5) is 14.9. The number of unbranched alkanes of at least 4 members (excludes halogenated alkanes) is 1. The first-order valence-electron chi connectivity index (χ1n) is 14.4. The van der Waals surface area contributed by atoms with E-state index in [2.05, 4.69) is 18.8 Å². The Labute approximate surface area is 273 Å². The van der Waals surface area contributed by atoms with Gasteiger partial charge in [0.05, 0.1) is 38.7 Å². The number of hydrogen-bond donors (Lipinski definition) is 1. The van der Waals surface area contributed by atoms with Gasteiger partial charge in [-0.15, -0.1) is 0 Å². The van der Waals surface area contributed by atoms with Crippen LogP contribution in [0, 0.1) is 0 Å². The summed E-state index contributed by atoms with van der Waals surface area (Å²) in [5.74, 6) is 0.756. The molecule has 230 valence electrons. The highest BCUT2D eigenvalue weighted by molar-refractivity contribution is 7.89. The van der Waals surface area contributed by atoms with Crippen molar-refractivity contribution < 1.29 is 46.4 Å². The molecule has 0 aromatic heterocycles. The smallest absolute Gasteiger partial charge is 0.241 e. The monoisotopic (exact) mass is 715 g/mol. The van der Waals surface area contributed by atoms with Crippen LogP contribution in [0.4, 0.5) is 5.69 Å². The highest BCUT2D eigenvalue weighted by atomic mass is 127. The van der Waals surface area contributed by atoms with E-state index < -0.39 is 10.0 Å². The van der Waals surface area contributed by atoms with Gasteiger partial charge in [0, 0.05) is 54.6 Å². The SMILES string of the molecule is CN(C)c1cccc2c(S(=O)(=O)NCCC[N+](C)(C)CCCCOc3ccc(C(=O)c4ccccc4)cc3)cccc12.[I-]. The molecule has 0 amide bonds. The van der Waals surface area contributed by atoms with Crippen LogP contribution in [0.3, 0.4) is 0 Å². The summed E-state index contributed by atoms with van der Waals surface area (Å²) in [5, 5.41) is 1.65. The maximum atomic E-state index is 13.2. The van der Waals surface area contributed by atoms with Crippen LogP contribution in [-0.4, -0.2) is 73.1 Å². The van der Waals surface area contributed by atoms with E-state index in [0.29, 0.717) is 29.2 Å². The summed E-state index contributed by atoms with van der Waals surface area (Å²) in [7, 11) is 4.62. The molecule has 0 aliphatic carbocycles. The lowest BCUT2D eigenvalue weighted by molar-refractivity contribution is -0.890. The zero-order chi connectivity index (χ0) is 30.2. The molecule has 4 aromatic rings. The van der Waals surface area contributed by atoms with Crippen molar-refractivity contribution in [2.24, 2.45) is 0 Å². The largest absolute Gasteiger partial charge is 1.00 e. The second kappa shape index (κ2) is 15.7. The minimum Gasteiger partial charge on any atom is -1.00 e. The number of ketones is 1. The predicted octanol–water partition coefficient (Wildman–Crippen LogP) is 2.74. The number of anilines is 1. The molecule has 0 bridgehead atoms. The number of sulfonamides is 1. The lowest BCUT2D eigenvalue weighted by atomic mass is 10.0. The number of carbonyl (C=O) groups is 1. The van der Waals surface area contributed by atoms with Crippen LogP contribution in [0.1, 0.15) is 35.2 Å². The van der Waals surface area contributed by atoms with Crippen molar-refractivity contribution in [3.05, 3.63) is 102 Å². The van der Waals surface area contributed by atoms with Crippen molar-refractivity contribution in [2.45, 2.75) is 24.2 Å². The number of hydrogen-bond acceptors (Lipinski definition) is 5. The molecule has 9 heteroatoms. The molecule has 43 heavy (non-hydrogen) atoms. The molecule has 0 aliphatic heterocycles. The standard InChI is InChI=1S/C34H42N3O4S.HI/c1-36(2)32-17-10-16-31-30(32)15-11-18-33(31)42(39,40)35-23-12-25-37(3,4)24-8-9-26-41-29-21-19-28(20-22-29)34(38)27-13-6-5-7-14-27;/h5-7,10-11,13-22,35H,8-9,12,23-26H2,1-4H3;1H/q+1;/p-1. The Hall–Kier alpha value is -2.99. The van der Waals surface area contributed by atoms with Crippen LogP contribution in [0.15, 0.2) is 95.9 Å². The molecule has 0 fully saturated rings. The summed E-state index contributed by atoms with van der Waals surface area (Å²) in [6.07, 6.45) is 2.65. The second-order valence-corrected chi connectivity index (χ2v) is 13.2. The summed E-state index contributed by atoms with van der Waals surface area (Å²) in [5.41, 5.74) is 2.31. The topological polar surface area (TPSA) is 75.7 Å². The van der Waals surface area contributed by atoms with Crippen molar-refractivity contribution in [1.29, 1.82) is 0 Å². The Kier molecular flexibility index (Phi) is 12.6. The quantitative estimate of drug-likeness (QED) is 0.0888. The van der Waals surface area contributed by atoms with Gasteiger partial charge in [0.1, 0.15) is 5.75 Å². The van der Waals surface area contributed by atoms with Gasteiger partial charge in [0.2, 0.25) is 10.0 Å². The lowest BCUT2D eigenvalue weighted by Crippen LogP contribution is -3.00. The molecule has 4 aromatic carbocycles. The van der Waals surface area contributed by atoms with Gasteiger partial charge in [-0.2, -0.15) is 0 Å². The molecule has 0 saturated heterocycles. The zero-order valence-electron chi connectivity index (χ0n) is 25.4. The molecule has 0 aliphatic rings. The van der Waals surface area contributed by atoms with Crippen molar-refractivity contribution >= 4 is 32.3 Å². The van der Waals surface area contributed by atoms with Crippen LogP contribution in [0.25, 0.3) is 10.8 Å². The maximum Gasteiger partial charge on any atom is 0.241 e. The molecule has 4 rings (SSSR count). The Morgan fingerprint density at radius 1 is 0.767 bits per heavy atom. The number of quaternary nitrogens is 1. The van der Waals surface area contributed by atoms with Gasteiger partial charge in [-0.3, -0.25) is 4.79 Å². The number of carbonyl (C=O) groups excluding carboxylic acids is 1. The van der Waals surface area contributed by atoms with Gasteiger partial charge in [0.25, 0.3) is 0 Å². The first-order valence-corrected chi connectivity index (χ1v) is 15.9. The van der Waals surface area contributed by atoms with Crippen molar-refractivity contribution in [3.63, 3.8) is 0 Å². The van der Waals surface area contributed by atoms with Gasteiger partial charge < -0.3 is 38.1 Å². The van der Waals surface area contributed by atoms with Gasteiger partial charge in [-0.1, -0.05) is 54.6 Å². The number of nitrogens with one attached hydrogen (secondary N) is 1. The summed E-state index contributed by atoms with van der Waals surface area (Å²) in [6, 6.07) is 27.7. The van der Waals surface area contributed by atoms with Gasteiger partial charge >= 0.3 is 0 Å². The number of ether oxygens (including phenoxy) is 1. The third-order valence-corrected chi connectivity index (χ3v) is 8.96. The summed E-state index contributed by atoms with van der Waals surface area (Å²) in [6.45, 7) is 2.82. The highest BCUT2D eigenvalue weighted by Gasteiger charge is 2.20. The van der Waals surface area contributed by atoms with Crippen molar-refractivity contribution in [3.8, 4) is 5.75 Å². The van der Waals surface area contributed by atoms with Crippen LogP contribution in [0.2, 0.25) is 0 Å². The fourth-order valence-electron chi connectivity index (χ4n) is 5.08. The van der Waals surface area contributed by atoms with Crippen molar-refractivity contribution in [1.82, 2.24) is 4.72 Å². The number of fused-ring (bicyclic) bond motifs is 1. The van der Waals surface area contributed by atoms with Gasteiger partial charge in [-0.25, -0.2) is 13.1 Å². The van der Waals surface area contributed by atoms with E-state index in [1.54, 1.807) is 24.3 Å². The normalized spacial score (nSPS) is 11.6. The Morgan fingerprint density at radius 2 is 1.40 bits per heavy atom. The molecule has 0 heterocycles. The molecule has 0 unspecified atom stereocenters. The number of rotatable bonds is 15. The van der Waals surface area contributed by atoms with E-state index in [0.717, 1.165) is 59.0 Å². The summed E-state index contributed by atoms with van der Waals surface area (Å²) >= 11 is 0. The number of halogens is 1. The Balaban J connectivity index is 0.00000506. The molecule has 7 nitrogen and oxygen atoms in total. The Bertz CT molecular complexity index is 1590. The van der Waals surface area contributed by atoms with E-state index in [9.17, 15) is 13.2 Å². The summed E-state index contributed by atoms with van der Waals surface area (Å²) < 4.78 is 35.8. The lowest BCUT2D eigenvalue weighted by Gasteiger charge is -2.30. The van der Waals surface area contributed by atoms with E-state index >= 15 is 0 Å². The first kappa shape index (κ1) is 34.5. The van der Waals surface area contributed by atoms with E-state index in [4.69, 9.17) is 4.74 Å². The van der Waals surface area contributed by atoms with Crippen LogP contribution in [-0.2, 0) is 10.0 Å². The molecule has 1 N–H and O–H groups in total. The second-order valence-electron chi connectivity index (χ2n) is 11.4. The van der Waals surface area contributed by atoms with Crippen LogP contribution >= 0.6 is 0 Å². The minimum absolute atomic E-state index is 0. The van der Waals surface area contributed by atoms with Gasteiger partial charge in [0.15, 0.2) is 5.78 Å². The van der Waals surface area contributed by atoms with E-state index in [1.165, 1.54) is 0 Å². The van der Waals surface area contributed by atoms with Crippen LogP contribution in [0.5, 0.6) is 5.75 Å². The molecule has 0 radical (unpaired) electrons. The minimum atomic E-state index is -3.63. The average Bonchev–Trinajstić information content (AvgIpc) is 2.99. The molecule has 0 atom stereocenters. The van der Waals surface area contributed by atoms with Crippen molar-refractivity contribution in [2.75, 3.05) is 59.3 Å². The fourth-order valence-corrected chi connectivity index (χ4v) is 6.38. The third-order valence-electron chi connectivity index (χ3n) is 7.44. The van der Waals surface area contributed by atoms with Crippen LogP contribution < -0.4 is 38.3 Å². The fraction of sp³-hybridized carbons (Fsp3) is 0.324. The molecular weight excluding hydrogens is 673 g/mol. The molecular formula is C34H42IN3O4S.